The van der Waals surface area contributed by atoms with E-state index < -0.39 is 17.2 Å². The molecule has 0 saturated carbocycles. The van der Waals surface area contributed by atoms with Gasteiger partial charge < -0.3 is 4.74 Å². The molecule has 0 aliphatic carbocycles. The van der Waals surface area contributed by atoms with E-state index in [1.54, 1.807) is 28.9 Å². The fourth-order valence-electron chi connectivity index (χ4n) is 4.20. The van der Waals surface area contributed by atoms with Crippen molar-refractivity contribution in [2.45, 2.75) is 26.9 Å². The number of benzene rings is 2. The lowest BCUT2D eigenvalue weighted by molar-refractivity contribution is 0.425. The van der Waals surface area contributed by atoms with Gasteiger partial charge in [0.15, 0.2) is 5.65 Å². The maximum absolute atomic E-state index is 13.6. The van der Waals surface area contributed by atoms with E-state index in [1.165, 1.54) is 17.7 Å². The summed E-state index contributed by atoms with van der Waals surface area (Å²) in [6.45, 7) is 4.68. The predicted molar refractivity (Wildman–Crippen MR) is 139 cm³/mol. The second kappa shape index (κ2) is 9.85. The summed E-state index contributed by atoms with van der Waals surface area (Å²) in [5, 5.41) is 4.93. The molecule has 3 aromatic heterocycles. The van der Waals surface area contributed by atoms with Gasteiger partial charge in [0.1, 0.15) is 11.1 Å². The normalized spacial score (nSPS) is 11.4. The molecule has 0 radical (unpaired) electrons. The highest BCUT2D eigenvalue weighted by Crippen LogP contribution is 2.29. The Morgan fingerprint density at radius 2 is 1.68 bits per heavy atom. The fourth-order valence-corrected chi connectivity index (χ4v) is 4.20. The summed E-state index contributed by atoms with van der Waals surface area (Å²) >= 11 is 0. The minimum absolute atomic E-state index is 0.158. The Balaban J connectivity index is 1.63. The quantitative estimate of drug-likeness (QED) is 0.306. The summed E-state index contributed by atoms with van der Waals surface area (Å²) in [7, 11) is 1.46. The zero-order chi connectivity index (χ0) is 26.1. The third-order valence-corrected chi connectivity index (χ3v) is 5.98. The Morgan fingerprint density at radius 1 is 0.946 bits per heavy atom. The van der Waals surface area contributed by atoms with Crippen molar-refractivity contribution in [2.24, 2.45) is 13.0 Å². The largest absolute Gasteiger partial charge is 0.438 e. The molecule has 37 heavy (non-hydrogen) atoms. The minimum atomic E-state index is -0.540. The second-order valence-electron chi connectivity index (χ2n) is 9.27. The van der Waals surface area contributed by atoms with Gasteiger partial charge in [-0.15, -0.1) is 0 Å². The lowest BCUT2D eigenvalue weighted by Gasteiger charge is -2.11. The van der Waals surface area contributed by atoms with Gasteiger partial charge in [-0.25, -0.2) is 14.5 Å². The number of rotatable bonds is 7. The minimum Gasteiger partial charge on any atom is -0.438 e. The molecule has 2 aromatic carbocycles. The number of ether oxygens (including phenoxy) is 1. The van der Waals surface area contributed by atoms with Crippen LogP contribution in [0.3, 0.4) is 0 Å². The summed E-state index contributed by atoms with van der Waals surface area (Å²) in [5.74, 6) is 0.421. The summed E-state index contributed by atoms with van der Waals surface area (Å²) in [5.41, 5.74) is 1.58. The highest BCUT2D eigenvalue weighted by molar-refractivity contribution is 5.81. The molecule has 0 atom stereocenters. The fraction of sp³-hybridized carbons (Fsp3) is 0.214. The van der Waals surface area contributed by atoms with Crippen LogP contribution >= 0.6 is 0 Å². The number of nitrogens with zero attached hydrogens (tertiary/aromatic N) is 5. The van der Waals surface area contributed by atoms with Crippen molar-refractivity contribution in [1.29, 1.82) is 0 Å². The maximum Gasteiger partial charge on any atom is 0.332 e. The van der Waals surface area contributed by atoms with Crippen molar-refractivity contribution in [1.82, 2.24) is 23.9 Å². The zero-order valence-corrected chi connectivity index (χ0v) is 20.8. The van der Waals surface area contributed by atoms with Gasteiger partial charge in [0.05, 0.1) is 12.2 Å². The average molecular weight is 500 g/mol. The molecule has 0 aliphatic heterocycles. The Kier molecular flexibility index (Phi) is 6.43. The predicted octanol–water partition coefficient (Wildman–Crippen LogP) is 4.59. The summed E-state index contributed by atoms with van der Waals surface area (Å²) in [6, 6.07) is 21.3. The van der Waals surface area contributed by atoms with Gasteiger partial charge in [-0.1, -0.05) is 62.4 Å². The molecule has 0 N–H and O–H groups in total. The first-order valence-corrected chi connectivity index (χ1v) is 12.0. The van der Waals surface area contributed by atoms with Crippen LogP contribution in [0.5, 0.6) is 11.6 Å². The Labute approximate surface area is 212 Å². The molecular weight excluding hydrogens is 473 g/mol. The first kappa shape index (κ1) is 24.2. The number of halogens is 1. The molecule has 0 spiro atoms. The number of fused-ring (bicyclic) bond motifs is 1. The van der Waals surface area contributed by atoms with E-state index in [1.807, 2.05) is 56.3 Å². The number of hydrogen-bond acceptors (Lipinski definition) is 5. The van der Waals surface area contributed by atoms with Crippen LogP contribution < -0.4 is 16.0 Å². The SMILES string of the molecule is CC(C)Cn1c(=O)n(C)c(=O)c2c(Oc3ccccc3)n(Cc3ccc(-c4cccc(F)n4)cc3)nc21. The molecule has 8 nitrogen and oxygen atoms in total. The van der Waals surface area contributed by atoms with Crippen LogP contribution in [0.4, 0.5) is 4.39 Å². The average Bonchev–Trinajstić information content (AvgIpc) is 3.23. The summed E-state index contributed by atoms with van der Waals surface area (Å²) in [4.78, 5) is 30.2. The van der Waals surface area contributed by atoms with E-state index in [0.29, 0.717) is 18.0 Å². The molecule has 5 rings (SSSR count). The third-order valence-electron chi connectivity index (χ3n) is 5.98. The van der Waals surface area contributed by atoms with Gasteiger partial charge in [-0.05, 0) is 35.7 Å². The van der Waals surface area contributed by atoms with Crippen LogP contribution in [-0.2, 0) is 20.1 Å². The van der Waals surface area contributed by atoms with E-state index in [9.17, 15) is 14.0 Å². The van der Waals surface area contributed by atoms with Gasteiger partial charge in [0, 0.05) is 19.2 Å². The van der Waals surface area contributed by atoms with Crippen LogP contribution in [0.15, 0.2) is 82.4 Å². The molecule has 5 aromatic rings. The first-order valence-electron chi connectivity index (χ1n) is 12.0. The van der Waals surface area contributed by atoms with Gasteiger partial charge >= 0.3 is 5.69 Å². The van der Waals surface area contributed by atoms with Crippen molar-refractivity contribution >= 4 is 11.0 Å². The highest BCUT2D eigenvalue weighted by Gasteiger charge is 2.23. The molecule has 9 heteroatoms. The Hall–Kier alpha value is -4.53. The van der Waals surface area contributed by atoms with Crippen LogP contribution in [0.2, 0.25) is 0 Å². The van der Waals surface area contributed by atoms with Crippen LogP contribution in [0.25, 0.3) is 22.3 Å². The van der Waals surface area contributed by atoms with Gasteiger partial charge in [-0.2, -0.15) is 9.49 Å². The zero-order valence-electron chi connectivity index (χ0n) is 20.8. The van der Waals surface area contributed by atoms with Crippen molar-refractivity contribution < 1.29 is 9.13 Å². The topological polar surface area (TPSA) is 83.9 Å². The van der Waals surface area contributed by atoms with Crippen LogP contribution in [0.1, 0.15) is 19.4 Å². The molecule has 3 heterocycles. The van der Waals surface area contributed by atoms with E-state index in [-0.39, 0.29) is 29.4 Å². The van der Waals surface area contributed by atoms with Crippen LogP contribution in [0, 0.1) is 11.9 Å². The smallest absolute Gasteiger partial charge is 0.332 e. The molecule has 0 aliphatic rings. The molecular formula is C28H26FN5O3. The van der Waals surface area contributed by atoms with Crippen molar-refractivity contribution in [2.75, 3.05) is 0 Å². The van der Waals surface area contributed by atoms with Gasteiger partial charge in [0.2, 0.25) is 11.8 Å². The van der Waals surface area contributed by atoms with E-state index >= 15 is 0 Å². The molecule has 0 bridgehead atoms. The highest BCUT2D eigenvalue weighted by atomic mass is 19.1. The second-order valence-corrected chi connectivity index (χ2v) is 9.27. The van der Waals surface area contributed by atoms with E-state index in [2.05, 4.69) is 4.98 Å². The first-order chi connectivity index (χ1) is 17.8. The molecule has 0 unspecified atom stereocenters. The van der Waals surface area contributed by atoms with E-state index in [4.69, 9.17) is 9.84 Å². The standard InChI is InChI=1S/C28H26FN5O3/c1-18(2)16-33-25-24(26(35)32(3)28(33)36)27(37-21-8-5-4-6-9-21)34(31-25)17-19-12-14-20(15-13-19)22-10-7-11-23(29)30-22/h4-15,18H,16-17H2,1-3H3. The van der Waals surface area contributed by atoms with Crippen LogP contribution in [-0.4, -0.2) is 23.9 Å². The number of para-hydroxylation sites is 1. The lowest BCUT2D eigenvalue weighted by atomic mass is 10.1. The summed E-state index contributed by atoms with van der Waals surface area (Å²) in [6.07, 6.45) is 0. The number of aromatic nitrogens is 5. The Bertz CT molecular complexity index is 1690. The lowest BCUT2D eigenvalue weighted by Crippen LogP contribution is -2.38. The molecule has 0 fully saturated rings. The molecule has 0 saturated heterocycles. The summed E-state index contributed by atoms with van der Waals surface area (Å²) < 4.78 is 24.0. The van der Waals surface area contributed by atoms with Crippen molar-refractivity contribution in [3.63, 3.8) is 0 Å². The van der Waals surface area contributed by atoms with Crippen molar-refractivity contribution in [3.05, 3.63) is 105 Å². The van der Waals surface area contributed by atoms with Crippen molar-refractivity contribution in [3.8, 4) is 22.9 Å². The Morgan fingerprint density at radius 3 is 2.35 bits per heavy atom. The molecule has 188 valence electrons. The van der Waals surface area contributed by atoms with Gasteiger partial charge in [-0.3, -0.25) is 13.9 Å². The van der Waals surface area contributed by atoms with E-state index in [0.717, 1.165) is 15.7 Å². The third kappa shape index (κ3) is 4.80. The number of hydrogen-bond donors (Lipinski definition) is 0. The van der Waals surface area contributed by atoms with Gasteiger partial charge in [0.25, 0.3) is 5.56 Å². The number of pyridine rings is 1. The maximum atomic E-state index is 13.6. The molecule has 0 amide bonds. The monoisotopic (exact) mass is 499 g/mol.